The van der Waals surface area contributed by atoms with Gasteiger partial charge >= 0.3 is 0 Å². The molecule has 0 radical (unpaired) electrons. The number of rotatable bonds is 5. The second-order valence-corrected chi connectivity index (χ2v) is 4.30. The van der Waals surface area contributed by atoms with E-state index in [0.29, 0.717) is 0 Å². The first kappa shape index (κ1) is 15.1. The van der Waals surface area contributed by atoms with Crippen LogP contribution in [0.2, 0.25) is 0 Å². The first-order chi connectivity index (χ1) is 10.1. The summed E-state index contributed by atoms with van der Waals surface area (Å²) in [5, 5.41) is 8.88. The van der Waals surface area contributed by atoms with Crippen LogP contribution < -0.4 is 4.74 Å². The van der Waals surface area contributed by atoms with Crippen LogP contribution in [0.5, 0.6) is 5.75 Å². The van der Waals surface area contributed by atoms with E-state index in [0.717, 1.165) is 6.07 Å². The Morgan fingerprint density at radius 2 is 1.86 bits per heavy atom. The van der Waals surface area contributed by atoms with Gasteiger partial charge in [-0.25, -0.2) is 13.2 Å². The normalized spacial score (nSPS) is 10.5. The van der Waals surface area contributed by atoms with Crippen LogP contribution >= 0.6 is 0 Å². The lowest BCUT2D eigenvalue weighted by atomic mass is 10.0. The molecule has 0 aliphatic heterocycles. The molecule has 0 aliphatic rings. The molecule has 0 bridgehead atoms. The predicted molar refractivity (Wildman–Crippen MR) is 73.4 cm³/mol. The van der Waals surface area contributed by atoms with Crippen LogP contribution in [-0.4, -0.2) is 11.7 Å². The molecule has 2 nitrogen and oxygen atoms in total. The van der Waals surface area contributed by atoms with Crippen molar-refractivity contribution < 1.29 is 23.0 Å². The summed E-state index contributed by atoms with van der Waals surface area (Å²) in [5.41, 5.74) is -0.0547. The highest BCUT2D eigenvalue weighted by atomic mass is 19.2. The first-order valence-electron chi connectivity index (χ1n) is 6.19. The van der Waals surface area contributed by atoms with Crippen molar-refractivity contribution in [2.45, 2.75) is 6.61 Å². The van der Waals surface area contributed by atoms with Crippen molar-refractivity contribution in [1.82, 2.24) is 0 Å². The van der Waals surface area contributed by atoms with E-state index in [4.69, 9.17) is 9.84 Å². The number of ether oxygens (including phenoxy) is 1. The summed E-state index contributed by atoms with van der Waals surface area (Å²) in [4.78, 5) is 0. The highest BCUT2D eigenvalue weighted by Crippen LogP contribution is 2.29. The summed E-state index contributed by atoms with van der Waals surface area (Å²) in [6, 6.07) is 6.38. The maximum absolute atomic E-state index is 13.9. The molecule has 110 valence electrons. The fraction of sp³-hybridized carbons (Fsp3) is 0.125. The molecule has 2 rings (SSSR count). The third-order valence-electron chi connectivity index (χ3n) is 2.93. The minimum absolute atomic E-state index is 0.00603. The first-order valence-corrected chi connectivity index (χ1v) is 6.19. The molecule has 0 heterocycles. The lowest BCUT2D eigenvalue weighted by Gasteiger charge is -2.09. The second kappa shape index (κ2) is 6.45. The summed E-state index contributed by atoms with van der Waals surface area (Å²) < 4.78 is 46.4. The molecule has 2 aromatic rings. The van der Waals surface area contributed by atoms with Crippen LogP contribution in [0.25, 0.3) is 11.1 Å². The van der Waals surface area contributed by atoms with E-state index in [1.807, 2.05) is 0 Å². The standard InChI is InChI=1S/C16H13F3O2/c1-2-7-21-14-6-4-10(8-13(14)17)12-5-3-11(9-20)15(18)16(12)19/h2-6,8,20H,1,7,9H2. The fourth-order valence-corrected chi connectivity index (χ4v) is 1.87. The van der Waals surface area contributed by atoms with Gasteiger partial charge in [-0.1, -0.05) is 30.9 Å². The maximum atomic E-state index is 13.9. The van der Waals surface area contributed by atoms with Crippen molar-refractivity contribution in [3.05, 3.63) is 66.0 Å². The molecule has 1 N–H and O–H groups in total. The van der Waals surface area contributed by atoms with Crippen LogP contribution in [0.3, 0.4) is 0 Å². The number of hydrogen-bond donors (Lipinski definition) is 1. The van der Waals surface area contributed by atoms with E-state index in [2.05, 4.69) is 6.58 Å². The van der Waals surface area contributed by atoms with Crippen molar-refractivity contribution >= 4 is 0 Å². The zero-order valence-electron chi connectivity index (χ0n) is 11.1. The molecule has 0 atom stereocenters. The molecule has 0 spiro atoms. The van der Waals surface area contributed by atoms with Crippen molar-refractivity contribution in [2.75, 3.05) is 6.61 Å². The average Bonchev–Trinajstić information content (AvgIpc) is 2.49. The van der Waals surface area contributed by atoms with Gasteiger partial charge in [0, 0.05) is 11.1 Å². The van der Waals surface area contributed by atoms with Gasteiger partial charge in [0.15, 0.2) is 23.2 Å². The zero-order chi connectivity index (χ0) is 15.4. The van der Waals surface area contributed by atoms with E-state index >= 15 is 0 Å². The Balaban J connectivity index is 2.41. The Kier molecular flexibility index (Phi) is 4.65. The minimum Gasteiger partial charge on any atom is -0.486 e. The van der Waals surface area contributed by atoms with Gasteiger partial charge in [0.2, 0.25) is 0 Å². The third-order valence-corrected chi connectivity index (χ3v) is 2.93. The molecule has 0 amide bonds. The van der Waals surface area contributed by atoms with Crippen LogP contribution in [0, 0.1) is 17.5 Å². The van der Waals surface area contributed by atoms with Crippen molar-refractivity contribution in [2.24, 2.45) is 0 Å². The summed E-state index contributed by atoms with van der Waals surface area (Å²) in [6.45, 7) is 2.99. The number of aliphatic hydroxyl groups excluding tert-OH is 1. The SMILES string of the molecule is C=CCOc1ccc(-c2ccc(CO)c(F)c2F)cc1F. The van der Waals surface area contributed by atoms with E-state index in [9.17, 15) is 13.2 Å². The van der Waals surface area contributed by atoms with Gasteiger partial charge in [-0.3, -0.25) is 0 Å². The van der Waals surface area contributed by atoms with Crippen LogP contribution in [0.1, 0.15) is 5.56 Å². The molecule has 0 fully saturated rings. The number of benzene rings is 2. The van der Waals surface area contributed by atoms with Crippen LogP contribution in [0.4, 0.5) is 13.2 Å². The quantitative estimate of drug-likeness (QED) is 0.849. The number of hydrogen-bond acceptors (Lipinski definition) is 2. The smallest absolute Gasteiger partial charge is 0.167 e. The van der Waals surface area contributed by atoms with E-state index in [-0.39, 0.29) is 29.0 Å². The van der Waals surface area contributed by atoms with E-state index in [1.165, 1.54) is 30.3 Å². The third kappa shape index (κ3) is 3.08. The van der Waals surface area contributed by atoms with Gasteiger partial charge in [0.25, 0.3) is 0 Å². The number of halogens is 3. The van der Waals surface area contributed by atoms with Crippen molar-refractivity contribution in [3.63, 3.8) is 0 Å². The Morgan fingerprint density at radius 3 is 2.48 bits per heavy atom. The average molecular weight is 294 g/mol. The lowest BCUT2D eigenvalue weighted by molar-refractivity contribution is 0.273. The lowest BCUT2D eigenvalue weighted by Crippen LogP contribution is -1.98. The molecule has 0 aromatic heterocycles. The minimum atomic E-state index is -1.14. The van der Waals surface area contributed by atoms with Gasteiger partial charge in [0.05, 0.1) is 6.61 Å². The summed E-state index contributed by atoms with van der Waals surface area (Å²) in [7, 11) is 0. The Morgan fingerprint density at radius 1 is 1.10 bits per heavy atom. The fourth-order valence-electron chi connectivity index (χ4n) is 1.87. The van der Waals surface area contributed by atoms with Crippen molar-refractivity contribution in [3.8, 4) is 16.9 Å². The number of aliphatic hydroxyl groups is 1. The Labute approximate surface area is 120 Å². The molecular weight excluding hydrogens is 281 g/mol. The van der Waals surface area contributed by atoms with Crippen LogP contribution in [-0.2, 0) is 6.61 Å². The highest BCUT2D eigenvalue weighted by molar-refractivity contribution is 5.65. The molecule has 5 heteroatoms. The zero-order valence-corrected chi connectivity index (χ0v) is 11.1. The van der Waals surface area contributed by atoms with Gasteiger partial charge < -0.3 is 9.84 Å². The second-order valence-electron chi connectivity index (χ2n) is 4.30. The Bertz CT molecular complexity index is 669. The highest BCUT2D eigenvalue weighted by Gasteiger charge is 2.15. The Hall–Kier alpha value is -2.27. The summed E-state index contributed by atoms with van der Waals surface area (Å²) >= 11 is 0. The van der Waals surface area contributed by atoms with E-state index < -0.39 is 24.1 Å². The van der Waals surface area contributed by atoms with E-state index in [1.54, 1.807) is 0 Å². The molecule has 0 saturated carbocycles. The van der Waals surface area contributed by atoms with Gasteiger partial charge in [0.1, 0.15) is 6.61 Å². The molecule has 0 saturated heterocycles. The van der Waals surface area contributed by atoms with Gasteiger partial charge in [-0.2, -0.15) is 0 Å². The molecule has 0 unspecified atom stereocenters. The predicted octanol–water partition coefficient (Wildman–Crippen LogP) is 3.83. The summed E-state index contributed by atoms with van der Waals surface area (Å²) in [5.74, 6) is -2.94. The van der Waals surface area contributed by atoms with Gasteiger partial charge in [-0.05, 0) is 17.7 Å². The molecular formula is C16H13F3O2. The maximum Gasteiger partial charge on any atom is 0.167 e. The van der Waals surface area contributed by atoms with Crippen LogP contribution in [0.15, 0.2) is 43.0 Å². The molecule has 0 aliphatic carbocycles. The molecule has 2 aromatic carbocycles. The largest absolute Gasteiger partial charge is 0.486 e. The monoisotopic (exact) mass is 294 g/mol. The van der Waals surface area contributed by atoms with Gasteiger partial charge in [-0.15, -0.1) is 0 Å². The topological polar surface area (TPSA) is 29.5 Å². The summed E-state index contributed by atoms with van der Waals surface area (Å²) in [6.07, 6.45) is 1.47. The molecule has 21 heavy (non-hydrogen) atoms. The van der Waals surface area contributed by atoms with Crippen molar-refractivity contribution in [1.29, 1.82) is 0 Å².